The molecule has 2 aliphatic heterocycles. The Balaban J connectivity index is 1.18. The van der Waals surface area contributed by atoms with Crippen LogP contribution in [0.25, 0.3) is 6.08 Å². The number of piperazine rings is 1. The van der Waals surface area contributed by atoms with Gasteiger partial charge in [-0.25, -0.2) is 0 Å². The van der Waals surface area contributed by atoms with Crippen molar-refractivity contribution >= 4 is 56.5 Å². The van der Waals surface area contributed by atoms with E-state index in [-0.39, 0.29) is 24.0 Å². The third-order valence-electron chi connectivity index (χ3n) is 6.70. The fraction of sp³-hybridized carbons (Fsp3) is 0.200. The molecule has 0 radical (unpaired) electrons. The van der Waals surface area contributed by atoms with Crippen molar-refractivity contribution in [3.05, 3.63) is 98.9 Å². The molecule has 40 heavy (non-hydrogen) atoms. The highest BCUT2D eigenvalue weighted by atomic mass is 79.9. The molecule has 8 nitrogen and oxygen atoms in total. The van der Waals surface area contributed by atoms with Crippen LogP contribution < -0.4 is 9.64 Å². The molecule has 5 rings (SSSR count). The number of thioether (sulfide) groups is 1. The Bertz CT molecular complexity index is 1510. The molecule has 0 aliphatic carbocycles. The molecule has 0 atom stereocenters. The molecule has 2 saturated heterocycles. The largest absolute Gasteiger partial charge is 0.488 e. The summed E-state index contributed by atoms with van der Waals surface area (Å²) in [5.41, 5.74) is 3.15. The predicted octanol–water partition coefficient (Wildman–Crippen LogP) is 5.28. The molecule has 0 aromatic heterocycles. The Labute approximate surface area is 244 Å². The second-order valence-electron chi connectivity index (χ2n) is 9.22. The molecule has 2 heterocycles. The van der Waals surface area contributed by atoms with E-state index in [2.05, 4.69) is 26.9 Å². The molecule has 0 spiro atoms. The molecular weight excluding hydrogens is 592 g/mol. The highest BCUT2D eigenvalue weighted by Crippen LogP contribution is 2.34. The topological polar surface area (TPSA) is 93.9 Å². The maximum Gasteiger partial charge on any atom is 0.294 e. The van der Waals surface area contributed by atoms with Crippen molar-refractivity contribution in [3.8, 4) is 11.8 Å². The molecule has 0 saturated carbocycles. The number of carbonyl (C=O) groups is 3. The second-order valence-corrected chi connectivity index (χ2v) is 11.1. The van der Waals surface area contributed by atoms with Crippen molar-refractivity contribution in [1.82, 2.24) is 9.80 Å². The molecule has 3 amide bonds. The van der Waals surface area contributed by atoms with Crippen LogP contribution in [-0.4, -0.2) is 59.6 Å². The van der Waals surface area contributed by atoms with Crippen molar-refractivity contribution in [3.63, 3.8) is 0 Å². The van der Waals surface area contributed by atoms with Crippen molar-refractivity contribution in [2.45, 2.75) is 6.61 Å². The van der Waals surface area contributed by atoms with Gasteiger partial charge in [-0.15, -0.1) is 0 Å². The van der Waals surface area contributed by atoms with Gasteiger partial charge in [-0.05, 0) is 69.7 Å². The predicted molar refractivity (Wildman–Crippen MR) is 158 cm³/mol. The maximum atomic E-state index is 13.0. The van der Waals surface area contributed by atoms with Crippen LogP contribution in [0.4, 0.5) is 10.5 Å². The number of amides is 3. The first-order valence-electron chi connectivity index (χ1n) is 12.7. The van der Waals surface area contributed by atoms with Crippen LogP contribution >= 0.6 is 27.7 Å². The van der Waals surface area contributed by atoms with E-state index in [0.29, 0.717) is 47.5 Å². The number of carbonyl (C=O) groups excluding carboxylic acids is 3. The number of halogens is 1. The quantitative estimate of drug-likeness (QED) is 0.333. The van der Waals surface area contributed by atoms with Crippen LogP contribution in [0.2, 0.25) is 0 Å². The summed E-state index contributed by atoms with van der Waals surface area (Å²) in [5.74, 6) is -0.134. The number of benzene rings is 3. The van der Waals surface area contributed by atoms with E-state index in [1.807, 2.05) is 42.5 Å². The van der Waals surface area contributed by atoms with E-state index in [4.69, 9.17) is 4.74 Å². The summed E-state index contributed by atoms with van der Waals surface area (Å²) >= 11 is 4.33. The van der Waals surface area contributed by atoms with Crippen LogP contribution in [0.1, 0.15) is 16.7 Å². The Hall–Kier alpha value is -4.07. The van der Waals surface area contributed by atoms with Gasteiger partial charge in [0.25, 0.3) is 11.1 Å². The zero-order valence-corrected chi connectivity index (χ0v) is 23.9. The van der Waals surface area contributed by atoms with Crippen molar-refractivity contribution < 1.29 is 19.1 Å². The van der Waals surface area contributed by atoms with Crippen molar-refractivity contribution in [2.75, 3.05) is 37.6 Å². The molecule has 10 heteroatoms. The maximum absolute atomic E-state index is 13.0. The van der Waals surface area contributed by atoms with Crippen LogP contribution in [0, 0.1) is 11.3 Å². The second kappa shape index (κ2) is 12.4. The molecule has 2 aliphatic rings. The molecule has 0 N–H and O–H groups in total. The average Bonchev–Trinajstić information content (AvgIpc) is 3.24. The fourth-order valence-electron chi connectivity index (χ4n) is 4.51. The number of nitriles is 1. The number of anilines is 1. The SMILES string of the molecule is N#Cc1ccccc1COc1ccc(/C=C2/SC(=O)N(CC(=O)N3CCN(c4ccccc4)CC3)C2=O)cc1Br. The van der Waals surface area contributed by atoms with E-state index in [1.165, 1.54) is 0 Å². The van der Waals surface area contributed by atoms with E-state index >= 15 is 0 Å². The first-order chi connectivity index (χ1) is 19.4. The number of rotatable bonds is 7. The number of para-hydroxylation sites is 1. The lowest BCUT2D eigenvalue weighted by Gasteiger charge is -2.36. The van der Waals surface area contributed by atoms with Gasteiger partial charge in [0, 0.05) is 37.4 Å². The summed E-state index contributed by atoms with van der Waals surface area (Å²) in [7, 11) is 0. The van der Waals surface area contributed by atoms with Crippen molar-refractivity contribution in [1.29, 1.82) is 5.26 Å². The zero-order valence-electron chi connectivity index (χ0n) is 21.5. The van der Waals surface area contributed by atoms with Crippen LogP contribution in [0.15, 0.2) is 82.2 Å². The molecule has 0 unspecified atom stereocenters. The third-order valence-corrected chi connectivity index (χ3v) is 8.22. The molecule has 2 fully saturated rings. The lowest BCUT2D eigenvalue weighted by molar-refractivity contribution is -0.136. The van der Waals surface area contributed by atoms with Gasteiger partial charge < -0.3 is 14.5 Å². The number of hydrogen-bond donors (Lipinski definition) is 0. The Morgan fingerprint density at radius 2 is 1.73 bits per heavy atom. The van der Waals surface area contributed by atoms with Crippen LogP contribution in [-0.2, 0) is 16.2 Å². The summed E-state index contributed by atoms with van der Waals surface area (Å²) in [4.78, 5) is 43.8. The first-order valence-corrected chi connectivity index (χ1v) is 14.3. The number of ether oxygens (including phenoxy) is 1. The van der Waals surface area contributed by atoms with Gasteiger partial charge >= 0.3 is 0 Å². The Kier molecular flexibility index (Phi) is 8.53. The monoisotopic (exact) mass is 616 g/mol. The van der Waals surface area contributed by atoms with Crippen molar-refractivity contribution in [2.24, 2.45) is 0 Å². The summed E-state index contributed by atoms with van der Waals surface area (Å²) in [6, 6.07) is 24.7. The summed E-state index contributed by atoms with van der Waals surface area (Å²) < 4.78 is 6.55. The van der Waals surface area contributed by atoms with E-state index in [0.717, 1.165) is 27.9 Å². The van der Waals surface area contributed by atoms with E-state index in [9.17, 15) is 19.6 Å². The van der Waals surface area contributed by atoms with E-state index in [1.54, 1.807) is 41.3 Å². The molecule has 202 valence electrons. The number of nitrogens with zero attached hydrogens (tertiary/aromatic N) is 4. The van der Waals surface area contributed by atoms with Crippen LogP contribution in [0.5, 0.6) is 5.75 Å². The fourth-order valence-corrected chi connectivity index (χ4v) is 5.86. The van der Waals surface area contributed by atoms with Gasteiger partial charge in [0.2, 0.25) is 5.91 Å². The van der Waals surface area contributed by atoms with Crippen LogP contribution in [0.3, 0.4) is 0 Å². The van der Waals surface area contributed by atoms with Gasteiger partial charge in [-0.3, -0.25) is 19.3 Å². The van der Waals surface area contributed by atoms with Gasteiger partial charge in [-0.2, -0.15) is 5.26 Å². The Morgan fingerprint density at radius 1 is 1.00 bits per heavy atom. The minimum Gasteiger partial charge on any atom is -0.488 e. The molecule has 3 aromatic rings. The highest BCUT2D eigenvalue weighted by molar-refractivity contribution is 9.10. The lowest BCUT2D eigenvalue weighted by Crippen LogP contribution is -2.51. The summed E-state index contributed by atoms with van der Waals surface area (Å²) in [5, 5.41) is 8.81. The van der Waals surface area contributed by atoms with E-state index < -0.39 is 11.1 Å². The molecular formula is C30H25BrN4O4S. The standard InChI is InChI=1S/C30H25BrN4O4S/c31-25-16-21(10-11-26(25)39-20-23-7-5-4-6-22(23)18-32)17-27-29(37)35(30(38)40-27)19-28(36)34-14-12-33(13-15-34)24-8-2-1-3-9-24/h1-11,16-17H,12-15,19-20H2/b27-17+. The minimum atomic E-state index is -0.476. The molecule has 3 aromatic carbocycles. The number of imide groups is 1. The minimum absolute atomic E-state index is 0.232. The molecule has 0 bridgehead atoms. The van der Waals surface area contributed by atoms with Gasteiger partial charge in [-0.1, -0.05) is 42.5 Å². The zero-order chi connectivity index (χ0) is 28.1. The Morgan fingerprint density at radius 3 is 2.45 bits per heavy atom. The summed E-state index contributed by atoms with van der Waals surface area (Å²) in [6.45, 7) is 2.41. The lowest BCUT2D eigenvalue weighted by atomic mass is 10.1. The summed E-state index contributed by atoms with van der Waals surface area (Å²) in [6.07, 6.45) is 1.63. The highest BCUT2D eigenvalue weighted by Gasteiger charge is 2.37. The van der Waals surface area contributed by atoms with Gasteiger partial charge in [0.1, 0.15) is 18.9 Å². The third kappa shape index (κ3) is 6.22. The smallest absolute Gasteiger partial charge is 0.294 e. The first kappa shape index (κ1) is 27.5. The normalized spacial score (nSPS) is 16.4. The number of hydrogen-bond acceptors (Lipinski definition) is 7. The van der Waals surface area contributed by atoms with Gasteiger partial charge in [0.05, 0.1) is 21.0 Å². The average molecular weight is 618 g/mol. The van der Waals surface area contributed by atoms with Gasteiger partial charge in [0.15, 0.2) is 0 Å².